The van der Waals surface area contributed by atoms with Crippen LogP contribution in [0.1, 0.15) is 6.92 Å². The van der Waals surface area contributed by atoms with Gasteiger partial charge < -0.3 is 9.64 Å². The fraction of sp³-hybridized carbons (Fsp3) is 0.250. The summed E-state index contributed by atoms with van der Waals surface area (Å²) in [5, 5.41) is 0.117. The van der Waals surface area contributed by atoms with Crippen LogP contribution in [0.15, 0.2) is 30.3 Å². The molecule has 1 aromatic heterocycles. The SMILES string of the molecule is CCOc1nc(Cl)nc(N(C)c2ccccc2)n1. The van der Waals surface area contributed by atoms with Gasteiger partial charge in [0.25, 0.3) is 0 Å². The van der Waals surface area contributed by atoms with Gasteiger partial charge in [-0.25, -0.2) is 0 Å². The summed E-state index contributed by atoms with van der Waals surface area (Å²) in [7, 11) is 1.86. The smallest absolute Gasteiger partial charge is 0.322 e. The molecule has 0 atom stereocenters. The molecule has 0 amide bonds. The topological polar surface area (TPSA) is 51.1 Å². The molecule has 0 fully saturated rings. The first-order valence-corrected chi connectivity index (χ1v) is 5.91. The zero-order chi connectivity index (χ0) is 13.0. The highest BCUT2D eigenvalue weighted by molar-refractivity contribution is 6.28. The lowest BCUT2D eigenvalue weighted by atomic mass is 10.3. The van der Waals surface area contributed by atoms with Crippen molar-refractivity contribution in [3.05, 3.63) is 35.6 Å². The number of aromatic nitrogens is 3. The maximum Gasteiger partial charge on any atom is 0.322 e. The third-order valence-electron chi connectivity index (χ3n) is 2.29. The molecule has 0 aliphatic rings. The van der Waals surface area contributed by atoms with Crippen molar-refractivity contribution in [2.45, 2.75) is 6.92 Å². The van der Waals surface area contributed by atoms with Gasteiger partial charge in [-0.2, -0.15) is 15.0 Å². The Bertz CT molecular complexity index is 521. The average Bonchev–Trinajstić information content (AvgIpc) is 2.38. The number of hydrogen-bond donors (Lipinski definition) is 0. The van der Waals surface area contributed by atoms with E-state index in [2.05, 4.69) is 15.0 Å². The zero-order valence-electron chi connectivity index (χ0n) is 10.2. The fourth-order valence-electron chi connectivity index (χ4n) is 1.43. The molecule has 6 heteroatoms. The lowest BCUT2D eigenvalue weighted by Crippen LogP contribution is -2.14. The Balaban J connectivity index is 2.33. The number of rotatable bonds is 4. The number of ether oxygens (including phenoxy) is 1. The molecule has 0 N–H and O–H groups in total. The van der Waals surface area contributed by atoms with Gasteiger partial charge in [0.2, 0.25) is 11.2 Å². The van der Waals surface area contributed by atoms with Crippen LogP contribution in [0.3, 0.4) is 0 Å². The van der Waals surface area contributed by atoms with E-state index in [1.54, 1.807) is 0 Å². The van der Waals surface area contributed by atoms with Gasteiger partial charge in [0.05, 0.1) is 6.61 Å². The summed E-state index contributed by atoms with van der Waals surface area (Å²) < 4.78 is 5.24. The molecule has 0 saturated heterocycles. The molecule has 94 valence electrons. The number of hydrogen-bond acceptors (Lipinski definition) is 5. The molecule has 0 bridgehead atoms. The second-order valence-electron chi connectivity index (χ2n) is 3.51. The Hall–Kier alpha value is -1.88. The second-order valence-corrected chi connectivity index (χ2v) is 3.85. The van der Waals surface area contributed by atoms with E-state index < -0.39 is 0 Å². The molecule has 2 aromatic rings. The normalized spacial score (nSPS) is 10.2. The van der Waals surface area contributed by atoms with Crippen LogP contribution in [0.2, 0.25) is 5.28 Å². The first kappa shape index (κ1) is 12.6. The predicted molar refractivity (Wildman–Crippen MR) is 70.5 cm³/mol. The minimum Gasteiger partial charge on any atom is -0.464 e. The van der Waals surface area contributed by atoms with Gasteiger partial charge in [0, 0.05) is 12.7 Å². The first-order chi connectivity index (χ1) is 8.70. The minimum atomic E-state index is 0.117. The number of nitrogens with zero attached hydrogens (tertiary/aromatic N) is 4. The van der Waals surface area contributed by atoms with Crippen molar-refractivity contribution < 1.29 is 4.74 Å². The molecule has 0 radical (unpaired) electrons. The van der Waals surface area contributed by atoms with Crippen molar-refractivity contribution in [2.24, 2.45) is 0 Å². The highest BCUT2D eigenvalue weighted by Crippen LogP contribution is 2.21. The average molecular weight is 265 g/mol. The van der Waals surface area contributed by atoms with Crippen LogP contribution in [0.5, 0.6) is 6.01 Å². The number of benzene rings is 1. The lowest BCUT2D eigenvalue weighted by Gasteiger charge is -2.17. The molecule has 5 nitrogen and oxygen atoms in total. The van der Waals surface area contributed by atoms with Crippen LogP contribution in [0.4, 0.5) is 11.6 Å². The van der Waals surface area contributed by atoms with Crippen LogP contribution in [0, 0.1) is 0 Å². The summed E-state index contributed by atoms with van der Waals surface area (Å²) >= 11 is 5.85. The van der Waals surface area contributed by atoms with Gasteiger partial charge in [-0.1, -0.05) is 18.2 Å². The van der Waals surface area contributed by atoms with Gasteiger partial charge in [-0.15, -0.1) is 0 Å². The van der Waals surface area contributed by atoms with Crippen molar-refractivity contribution in [3.8, 4) is 6.01 Å². The van der Waals surface area contributed by atoms with Gasteiger partial charge in [-0.3, -0.25) is 0 Å². The molecule has 0 unspecified atom stereocenters. The summed E-state index contributed by atoms with van der Waals surface area (Å²) in [5.74, 6) is 0.449. The molecular weight excluding hydrogens is 252 g/mol. The maximum absolute atomic E-state index is 5.85. The Labute approximate surface area is 110 Å². The van der Waals surface area contributed by atoms with E-state index in [1.807, 2.05) is 49.2 Å². The van der Waals surface area contributed by atoms with E-state index in [4.69, 9.17) is 16.3 Å². The molecule has 2 rings (SSSR count). The van der Waals surface area contributed by atoms with Crippen LogP contribution in [-0.2, 0) is 0 Å². The summed E-state index contributed by atoms with van der Waals surface area (Å²) in [4.78, 5) is 14.0. The van der Waals surface area contributed by atoms with E-state index in [9.17, 15) is 0 Å². The van der Waals surface area contributed by atoms with Gasteiger partial charge in [0.1, 0.15) is 0 Å². The Kier molecular flexibility index (Phi) is 3.94. The quantitative estimate of drug-likeness (QED) is 0.850. The minimum absolute atomic E-state index is 0.117. The Morgan fingerprint density at radius 3 is 2.56 bits per heavy atom. The molecule has 1 aromatic carbocycles. The molecule has 0 saturated carbocycles. The third kappa shape index (κ3) is 2.87. The van der Waals surface area contributed by atoms with Crippen molar-refractivity contribution in [3.63, 3.8) is 0 Å². The van der Waals surface area contributed by atoms with E-state index in [0.717, 1.165) is 5.69 Å². The maximum atomic E-state index is 5.85. The predicted octanol–water partition coefficient (Wildman–Crippen LogP) is 2.69. The van der Waals surface area contributed by atoms with E-state index in [0.29, 0.717) is 12.6 Å². The fourth-order valence-corrected chi connectivity index (χ4v) is 1.58. The summed E-state index contributed by atoms with van der Waals surface area (Å²) in [5.41, 5.74) is 0.960. The molecule has 1 heterocycles. The van der Waals surface area contributed by atoms with E-state index in [1.165, 1.54) is 0 Å². The lowest BCUT2D eigenvalue weighted by molar-refractivity contribution is 0.311. The van der Waals surface area contributed by atoms with Gasteiger partial charge in [-0.05, 0) is 30.7 Å². The van der Waals surface area contributed by atoms with Gasteiger partial charge >= 0.3 is 6.01 Å². The number of anilines is 2. The van der Waals surface area contributed by atoms with Crippen molar-refractivity contribution >= 4 is 23.2 Å². The van der Waals surface area contributed by atoms with Crippen molar-refractivity contribution in [1.29, 1.82) is 0 Å². The Morgan fingerprint density at radius 1 is 1.17 bits per heavy atom. The zero-order valence-corrected chi connectivity index (χ0v) is 10.9. The van der Waals surface area contributed by atoms with Crippen molar-refractivity contribution in [2.75, 3.05) is 18.6 Å². The second kappa shape index (κ2) is 5.64. The molecule has 18 heavy (non-hydrogen) atoms. The first-order valence-electron chi connectivity index (χ1n) is 5.54. The van der Waals surface area contributed by atoms with Gasteiger partial charge in [0.15, 0.2) is 0 Å². The summed E-state index contributed by atoms with van der Waals surface area (Å²) in [6, 6.07) is 9.98. The number of halogens is 1. The van der Waals surface area contributed by atoms with Crippen LogP contribution < -0.4 is 9.64 Å². The highest BCUT2D eigenvalue weighted by atomic mass is 35.5. The van der Waals surface area contributed by atoms with Crippen LogP contribution in [-0.4, -0.2) is 28.6 Å². The van der Waals surface area contributed by atoms with Crippen molar-refractivity contribution in [1.82, 2.24) is 15.0 Å². The van der Waals surface area contributed by atoms with E-state index >= 15 is 0 Å². The summed E-state index contributed by atoms with van der Waals surface area (Å²) in [6.07, 6.45) is 0. The molecule has 0 spiro atoms. The molecule has 0 aliphatic heterocycles. The third-order valence-corrected chi connectivity index (χ3v) is 2.46. The summed E-state index contributed by atoms with van der Waals surface area (Å²) in [6.45, 7) is 2.34. The molecule has 0 aliphatic carbocycles. The van der Waals surface area contributed by atoms with Crippen LogP contribution >= 0.6 is 11.6 Å². The Morgan fingerprint density at radius 2 is 1.89 bits per heavy atom. The van der Waals surface area contributed by atoms with E-state index in [-0.39, 0.29) is 11.3 Å². The largest absolute Gasteiger partial charge is 0.464 e. The highest BCUT2D eigenvalue weighted by Gasteiger charge is 2.11. The monoisotopic (exact) mass is 264 g/mol. The number of para-hydroxylation sites is 1. The standard InChI is InChI=1S/C12H13ClN4O/c1-3-18-12-15-10(13)14-11(16-12)17(2)9-7-5-4-6-8-9/h4-8H,3H2,1-2H3. The molecular formula is C12H13ClN4O. The van der Waals surface area contributed by atoms with Crippen LogP contribution in [0.25, 0.3) is 0 Å².